The number of hydrogen-bond donors (Lipinski definition) is 3. The van der Waals surface area contributed by atoms with Gasteiger partial charge in [0, 0.05) is 12.1 Å². The Labute approximate surface area is 169 Å². The Morgan fingerprint density at radius 3 is 2.85 bits per heavy atom. The van der Waals surface area contributed by atoms with E-state index < -0.39 is 0 Å². The molecule has 0 spiro atoms. The smallest absolute Gasteiger partial charge is 0.265 e. The average Bonchev–Trinajstić information content (AvgIpc) is 3.31. The molecular formula is C17H16ClN5O2S2. The third-order valence-electron chi connectivity index (χ3n) is 3.78. The molecule has 0 radical (unpaired) electrons. The van der Waals surface area contributed by atoms with E-state index in [0.29, 0.717) is 38.3 Å². The average molecular weight is 422 g/mol. The van der Waals surface area contributed by atoms with Crippen LogP contribution in [-0.4, -0.2) is 26.6 Å². The Morgan fingerprint density at radius 2 is 2.15 bits per heavy atom. The molecule has 27 heavy (non-hydrogen) atoms. The normalized spacial score (nSPS) is 10.6. The molecule has 0 saturated carbocycles. The number of nitrogens with zero attached hydrogens (tertiary/aromatic N) is 2. The van der Waals surface area contributed by atoms with Crippen molar-refractivity contribution in [1.29, 1.82) is 0 Å². The molecule has 2 amide bonds. The van der Waals surface area contributed by atoms with Gasteiger partial charge >= 0.3 is 0 Å². The molecule has 0 aliphatic rings. The van der Waals surface area contributed by atoms with Crippen LogP contribution in [0.3, 0.4) is 0 Å². The number of aromatic amines is 1. The van der Waals surface area contributed by atoms with Crippen LogP contribution < -0.4 is 10.6 Å². The predicted molar refractivity (Wildman–Crippen MR) is 108 cm³/mol. The Kier molecular flexibility index (Phi) is 6.04. The van der Waals surface area contributed by atoms with Crippen molar-refractivity contribution in [1.82, 2.24) is 20.1 Å². The van der Waals surface area contributed by atoms with E-state index in [1.54, 1.807) is 34.9 Å². The highest BCUT2D eigenvalue weighted by atomic mass is 35.5. The van der Waals surface area contributed by atoms with Crippen LogP contribution >= 0.6 is 35.2 Å². The minimum Gasteiger partial charge on any atom is -0.345 e. The second-order valence-electron chi connectivity index (χ2n) is 5.50. The second kappa shape index (κ2) is 8.47. The van der Waals surface area contributed by atoms with Crippen molar-refractivity contribution in [3.63, 3.8) is 0 Å². The number of thiophene rings is 1. The molecule has 10 heteroatoms. The number of rotatable bonds is 6. The molecule has 0 aliphatic carbocycles. The van der Waals surface area contributed by atoms with Crippen molar-refractivity contribution < 1.29 is 9.59 Å². The van der Waals surface area contributed by atoms with E-state index in [1.807, 2.05) is 12.3 Å². The Morgan fingerprint density at radius 1 is 1.33 bits per heavy atom. The number of nitrogens with one attached hydrogen (secondary N) is 3. The number of aromatic nitrogens is 3. The number of hydrogen-bond acceptors (Lipinski definition) is 5. The van der Waals surface area contributed by atoms with Gasteiger partial charge in [-0.1, -0.05) is 17.7 Å². The second-order valence-corrected chi connectivity index (χ2v) is 7.24. The van der Waals surface area contributed by atoms with E-state index in [-0.39, 0.29) is 18.4 Å². The third-order valence-corrected chi connectivity index (χ3v) is 5.29. The number of carbonyl (C=O) groups is 2. The highest BCUT2D eigenvalue weighted by Crippen LogP contribution is 2.24. The van der Waals surface area contributed by atoms with Crippen molar-refractivity contribution in [2.24, 2.45) is 0 Å². The summed E-state index contributed by atoms with van der Waals surface area (Å²) in [6.45, 7) is 2.82. The maximum absolute atomic E-state index is 12.5. The topological polar surface area (TPSA) is 91.8 Å². The lowest BCUT2D eigenvalue weighted by molar-refractivity contribution is 0.0948. The van der Waals surface area contributed by atoms with Gasteiger partial charge in [0.05, 0.1) is 22.1 Å². The zero-order valence-corrected chi connectivity index (χ0v) is 16.7. The number of anilines is 1. The van der Waals surface area contributed by atoms with Crippen molar-refractivity contribution >= 4 is 52.7 Å². The fourth-order valence-corrected chi connectivity index (χ4v) is 3.49. The molecular weight excluding hydrogens is 406 g/mol. The number of halogens is 1. The summed E-state index contributed by atoms with van der Waals surface area (Å²) in [5, 5.41) is 14.5. The van der Waals surface area contributed by atoms with Gasteiger partial charge in [-0.2, -0.15) is 5.10 Å². The van der Waals surface area contributed by atoms with Gasteiger partial charge in [-0.05, 0) is 48.8 Å². The monoisotopic (exact) mass is 421 g/mol. The number of H-pyrrole nitrogens is 1. The minimum atomic E-state index is -0.310. The molecule has 3 rings (SSSR count). The van der Waals surface area contributed by atoms with E-state index in [0.717, 1.165) is 0 Å². The van der Waals surface area contributed by atoms with Crippen LogP contribution in [0.25, 0.3) is 0 Å². The van der Waals surface area contributed by atoms with Crippen molar-refractivity contribution in [2.45, 2.75) is 20.0 Å². The van der Waals surface area contributed by atoms with Gasteiger partial charge in [0.2, 0.25) is 0 Å². The lowest BCUT2D eigenvalue weighted by atomic mass is 10.2. The molecule has 0 saturated heterocycles. The van der Waals surface area contributed by atoms with Crippen molar-refractivity contribution in [2.75, 3.05) is 5.32 Å². The summed E-state index contributed by atoms with van der Waals surface area (Å²) in [6.07, 6.45) is 0. The lowest BCUT2D eigenvalue weighted by Gasteiger charge is -2.10. The largest absolute Gasteiger partial charge is 0.345 e. The Balaban J connectivity index is 1.71. The first-order valence-corrected chi connectivity index (χ1v) is 9.73. The summed E-state index contributed by atoms with van der Waals surface area (Å²) in [6, 6.07) is 8.21. The van der Waals surface area contributed by atoms with Gasteiger partial charge in [0.15, 0.2) is 10.6 Å². The van der Waals surface area contributed by atoms with Crippen LogP contribution in [0, 0.1) is 4.77 Å². The van der Waals surface area contributed by atoms with Crippen LogP contribution in [0.2, 0.25) is 5.02 Å². The van der Waals surface area contributed by atoms with Crippen molar-refractivity contribution in [3.8, 4) is 0 Å². The van der Waals surface area contributed by atoms with Crippen LogP contribution in [0.4, 0.5) is 5.69 Å². The highest BCUT2D eigenvalue weighted by molar-refractivity contribution is 7.71. The maximum atomic E-state index is 12.5. The van der Waals surface area contributed by atoms with Crippen LogP contribution in [0.1, 0.15) is 32.8 Å². The fraction of sp³-hybridized carbons (Fsp3) is 0.176. The standard InChI is InChI=1S/C17H16ClN5O2S2/c1-2-23-14(21-22-17(23)26)9-19-15(24)10-5-6-11(18)12(8-10)20-16(25)13-4-3-7-27-13/h3-8H,2,9H2,1H3,(H,19,24)(H,20,25)(H,22,26). The minimum absolute atomic E-state index is 0.222. The lowest BCUT2D eigenvalue weighted by Crippen LogP contribution is -2.25. The van der Waals surface area contributed by atoms with Crippen LogP contribution in [0.15, 0.2) is 35.7 Å². The molecule has 0 atom stereocenters. The third kappa shape index (κ3) is 4.44. The highest BCUT2D eigenvalue weighted by Gasteiger charge is 2.14. The van der Waals surface area contributed by atoms with Crippen molar-refractivity contribution in [3.05, 3.63) is 61.8 Å². The maximum Gasteiger partial charge on any atom is 0.265 e. The number of carbonyl (C=O) groups excluding carboxylic acids is 2. The number of benzene rings is 1. The SMILES string of the molecule is CCn1c(CNC(=O)c2ccc(Cl)c(NC(=O)c3cccs3)c2)n[nH]c1=S. The van der Waals surface area contributed by atoms with Gasteiger partial charge in [-0.3, -0.25) is 14.7 Å². The van der Waals surface area contributed by atoms with Gasteiger partial charge in [0.1, 0.15) is 0 Å². The first kappa shape index (κ1) is 19.3. The molecule has 2 aromatic heterocycles. The zero-order chi connectivity index (χ0) is 19.4. The van der Waals surface area contributed by atoms with Crippen LogP contribution in [0.5, 0.6) is 0 Å². The summed E-state index contributed by atoms with van der Waals surface area (Å²) in [5.41, 5.74) is 0.747. The summed E-state index contributed by atoms with van der Waals surface area (Å²) >= 11 is 12.6. The first-order valence-electron chi connectivity index (χ1n) is 8.06. The van der Waals surface area contributed by atoms with E-state index in [1.165, 1.54) is 11.3 Å². The quantitative estimate of drug-likeness (QED) is 0.527. The summed E-state index contributed by atoms with van der Waals surface area (Å²) < 4.78 is 2.30. The van der Waals surface area contributed by atoms with Gasteiger partial charge < -0.3 is 15.2 Å². The molecule has 7 nitrogen and oxygen atoms in total. The molecule has 0 unspecified atom stereocenters. The fourth-order valence-electron chi connectivity index (χ4n) is 2.43. The number of amides is 2. The van der Waals surface area contributed by atoms with Gasteiger partial charge in [-0.25, -0.2) is 0 Å². The molecule has 2 heterocycles. The first-order chi connectivity index (χ1) is 13.0. The van der Waals surface area contributed by atoms with E-state index in [9.17, 15) is 9.59 Å². The van der Waals surface area contributed by atoms with Gasteiger partial charge in [-0.15, -0.1) is 11.3 Å². The summed E-state index contributed by atoms with van der Waals surface area (Å²) in [4.78, 5) is 25.2. The zero-order valence-electron chi connectivity index (χ0n) is 14.3. The summed E-state index contributed by atoms with van der Waals surface area (Å²) in [5.74, 6) is 0.0499. The molecule has 1 aromatic carbocycles. The predicted octanol–water partition coefficient (Wildman–Crippen LogP) is 3.86. The molecule has 0 fully saturated rings. The molecule has 0 aliphatic heterocycles. The van der Waals surface area contributed by atoms with E-state index in [2.05, 4.69) is 20.8 Å². The molecule has 0 bridgehead atoms. The van der Waals surface area contributed by atoms with E-state index in [4.69, 9.17) is 23.8 Å². The molecule has 140 valence electrons. The van der Waals surface area contributed by atoms with E-state index >= 15 is 0 Å². The van der Waals surface area contributed by atoms with Crippen LogP contribution in [-0.2, 0) is 13.1 Å². The Hall–Kier alpha value is -2.49. The van der Waals surface area contributed by atoms with Gasteiger partial charge in [0.25, 0.3) is 11.8 Å². The molecule has 3 aromatic rings. The Bertz CT molecular complexity index is 1030. The summed E-state index contributed by atoms with van der Waals surface area (Å²) in [7, 11) is 0. The molecule has 3 N–H and O–H groups in total.